The molecule has 0 bridgehead atoms. The molecule has 1 unspecified atom stereocenters. The fourth-order valence-corrected chi connectivity index (χ4v) is 6.92. The molecule has 2 N–H and O–H groups in total. The van der Waals surface area contributed by atoms with Gasteiger partial charge in [-0.05, 0) is 57.8 Å². The van der Waals surface area contributed by atoms with E-state index in [1.807, 2.05) is 0 Å². The summed E-state index contributed by atoms with van der Waals surface area (Å²) in [5.74, 6) is 0.542. The summed E-state index contributed by atoms with van der Waals surface area (Å²) in [5.41, 5.74) is 0. The van der Waals surface area contributed by atoms with E-state index in [1.165, 1.54) is 167 Å². The Balaban J connectivity index is 3.36. The molecule has 0 aromatic heterocycles. The summed E-state index contributed by atoms with van der Waals surface area (Å²) >= 11 is 0. The van der Waals surface area contributed by atoms with Crippen LogP contribution in [-0.2, 0) is 9.59 Å². The Labute approximate surface area is 319 Å². The quantitative estimate of drug-likeness (QED) is 0.0488. The molecule has 0 rings (SSSR count). The third kappa shape index (κ3) is 42.9. The second kappa shape index (κ2) is 43.0. The fourth-order valence-electron chi connectivity index (χ4n) is 6.92. The molecule has 1 atom stereocenters. The van der Waals surface area contributed by atoms with Crippen LogP contribution in [0.15, 0.2) is 24.3 Å². The number of carbonyl (C=O) groups excluding carboxylic acids is 2. The molecule has 0 fully saturated rings. The third-order valence-corrected chi connectivity index (χ3v) is 10.4. The van der Waals surface area contributed by atoms with Crippen molar-refractivity contribution in [3.63, 3.8) is 0 Å². The molecule has 0 radical (unpaired) electrons. The molecule has 0 aromatic rings. The van der Waals surface area contributed by atoms with Crippen LogP contribution in [-0.4, -0.2) is 29.4 Å². The van der Waals surface area contributed by atoms with Gasteiger partial charge in [-0.15, -0.1) is 0 Å². The monoisotopic (exact) mass is 716 g/mol. The Hall–Kier alpha value is -1.42. The van der Waals surface area contributed by atoms with Gasteiger partial charge in [-0.3, -0.25) is 9.59 Å². The average Bonchev–Trinajstić information content (AvgIpc) is 3.13. The standard InChI is InChI=1S/C47H89NO3/c1-3-5-7-9-11-13-15-17-19-21-22-24-28-32-36-40-45(49)41-37-33-29-26-27-31-35-39-43-47(51)48-44-46(50)42-38-34-30-25-23-20-18-16-14-12-10-8-6-4-2/h11,13,17,19,46,50H,3-10,12,14-16,18,20-44H2,1-2H3,(H,48,51). The average molecular weight is 716 g/mol. The predicted molar refractivity (Wildman–Crippen MR) is 224 cm³/mol. The summed E-state index contributed by atoms with van der Waals surface area (Å²) in [7, 11) is 0. The van der Waals surface area contributed by atoms with Crippen molar-refractivity contribution in [2.75, 3.05) is 6.54 Å². The molecule has 0 aliphatic carbocycles. The number of amides is 1. The molecule has 51 heavy (non-hydrogen) atoms. The summed E-state index contributed by atoms with van der Waals surface area (Å²) in [6.45, 7) is 4.93. The zero-order valence-electron chi connectivity index (χ0n) is 34.5. The topological polar surface area (TPSA) is 66.4 Å². The minimum atomic E-state index is -0.410. The van der Waals surface area contributed by atoms with E-state index >= 15 is 0 Å². The zero-order valence-corrected chi connectivity index (χ0v) is 34.5. The maximum absolute atomic E-state index is 12.2. The second-order valence-corrected chi connectivity index (χ2v) is 15.7. The maximum atomic E-state index is 12.2. The smallest absolute Gasteiger partial charge is 0.220 e. The molecule has 0 saturated heterocycles. The maximum Gasteiger partial charge on any atom is 0.220 e. The molecular formula is C47H89NO3. The summed E-state index contributed by atoms with van der Waals surface area (Å²) in [5, 5.41) is 13.2. The molecular weight excluding hydrogens is 627 g/mol. The van der Waals surface area contributed by atoms with Crippen LogP contribution in [0.5, 0.6) is 0 Å². The molecule has 0 spiro atoms. The van der Waals surface area contributed by atoms with Crippen LogP contribution in [0.4, 0.5) is 0 Å². The van der Waals surface area contributed by atoms with Crippen molar-refractivity contribution >= 4 is 11.7 Å². The molecule has 0 heterocycles. The van der Waals surface area contributed by atoms with Gasteiger partial charge in [-0.25, -0.2) is 0 Å². The van der Waals surface area contributed by atoms with Gasteiger partial charge in [-0.2, -0.15) is 0 Å². The first-order valence-electron chi connectivity index (χ1n) is 22.9. The van der Waals surface area contributed by atoms with E-state index in [-0.39, 0.29) is 5.91 Å². The molecule has 0 aliphatic rings. The molecule has 1 amide bonds. The number of unbranched alkanes of at least 4 members (excludes halogenated alkanes) is 28. The Bertz CT molecular complexity index is 775. The first-order chi connectivity index (χ1) is 25.1. The van der Waals surface area contributed by atoms with E-state index in [4.69, 9.17) is 0 Å². The molecule has 0 aliphatic heterocycles. The lowest BCUT2D eigenvalue weighted by Gasteiger charge is -2.12. The van der Waals surface area contributed by atoms with Gasteiger partial charge in [0.2, 0.25) is 5.91 Å². The lowest BCUT2D eigenvalue weighted by atomic mass is 10.0. The Morgan fingerprint density at radius 2 is 0.804 bits per heavy atom. The van der Waals surface area contributed by atoms with Crippen molar-refractivity contribution in [2.45, 2.75) is 258 Å². The van der Waals surface area contributed by atoms with Crippen LogP contribution >= 0.6 is 0 Å². The molecule has 0 saturated carbocycles. The van der Waals surface area contributed by atoms with Crippen molar-refractivity contribution in [3.8, 4) is 0 Å². The van der Waals surface area contributed by atoms with E-state index in [0.29, 0.717) is 18.7 Å². The van der Waals surface area contributed by atoms with Crippen molar-refractivity contribution in [1.82, 2.24) is 5.32 Å². The molecule has 4 heteroatoms. The van der Waals surface area contributed by atoms with E-state index in [2.05, 4.69) is 43.5 Å². The van der Waals surface area contributed by atoms with E-state index in [0.717, 1.165) is 64.2 Å². The highest BCUT2D eigenvalue weighted by molar-refractivity contribution is 5.78. The van der Waals surface area contributed by atoms with Gasteiger partial charge in [0, 0.05) is 25.8 Å². The second-order valence-electron chi connectivity index (χ2n) is 15.7. The number of hydrogen-bond acceptors (Lipinski definition) is 3. The number of Topliss-reactive ketones (excluding diaryl/α,β-unsaturated/α-hetero) is 1. The van der Waals surface area contributed by atoms with Crippen LogP contribution in [0.25, 0.3) is 0 Å². The number of aliphatic hydroxyl groups is 1. The van der Waals surface area contributed by atoms with Gasteiger partial charge < -0.3 is 10.4 Å². The Morgan fingerprint density at radius 3 is 1.27 bits per heavy atom. The van der Waals surface area contributed by atoms with Gasteiger partial charge >= 0.3 is 0 Å². The predicted octanol–water partition coefficient (Wildman–Crippen LogP) is 14.6. The number of carbonyl (C=O) groups is 2. The van der Waals surface area contributed by atoms with E-state index in [1.54, 1.807) is 0 Å². The third-order valence-electron chi connectivity index (χ3n) is 10.4. The summed E-state index contributed by atoms with van der Waals surface area (Å²) < 4.78 is 0. The van der Waals surface area contributed by atoms with E-state index in [9.17, 15) is 14.7 Å². The van der Waals surface area contributed by atoms with Gasteiger partial charge in [0.15, 0.2) is 0 Å². The van der Waals surface area contributed by atoms with Crippen LogP contribution < -0.4 is 5.32 Å². The van der Waals surface area contributed by atoms with Crippen LogP contribution in [0.3, 0.4) is 0 Å². The zero-order chi connectivity index (χ0) is 37.1. The molecule has 300 valence electrons. The normalized spacial score (nSPS) is 12.4. The van der Waals surface area contributed by atoms with E-state index < -0.39 is 6.10 Å². The fraction of sp³-hybridized carbons (Fsp3) is 0.872. The molecule has 4 nitrogen and oxygen atoms in total. The summed E-state index contributed by atoms with van der Waals surface area (Å²) in [6.07, 6.45) is 53.2. The lowest BCUT2D eigenvalue weighted by molar-refractivity contribution is -0.121. The van der Waals surface area contributed by atoms with Gasteiger partial charge in [0.25, 0.3) is 0 Å². The SMILES string of the molecule is CCCCCC=CCC=CCCCCCCCC(=O)CCCCCCCCCCC(=O)NCC(O)CCCCCCCCCCCCCCCC. The minimum absolute atomic E-state index is 0.0829. The van der Waals surface area contributed by atoms with Crippen LogP contribution in [0.1, 0.15) is 251 Å². The first-order valence-corrected chi connectivity index (χ1v) is 22.9. The van der Waals surface area contributed by atoms with Crippen LogP contribution in [0.2, 0.25) is 0 Å². The number of aliphatic hydroxyl groups excluding tert-OH is 1. The van der Waals surface area contributed by atoms with Gasteiger partial charge in [0.1, 0.15) is 5.78 Å². The van der Waals surface area contributed by atoms with Crippen molar-refractivity contribution in [1.29, 1.82) is 0 Å². The van der Waals surface area contributed by atoms with Crippen molar-refractivity contribution < 1.29 is 14.7 Å². The van der Waals surface area contributed by atoms with Crippen LogP contribution in [0, 0.1) is 0 Å². The number of allylic oxidation sites excluding steroid dienone is 4. The largest absolute Gasteiger partial charge is 0.391 e. The minimum Gasteiger partial charge on any atom is -0.391 e. The summed E-state index contributed by atoms with van der Waals surface area (Å²) in [6, 6.07) is 0. The lowest BCUT2D eigenvalue weighted by Crippen LogP contribution is -2.31. The highest BCUT2D eigenvalue weighted by atomic mass is 16.3. The summed E-state index contributed by atoms with van der Waals surface area (Å²) in [4.78, 5) is 24.4. The van der Waals surface area contributed by atoms with Crippen molar-refractivity contribution in [2.24, 2.45) is 0 Å². The number of ketones is 1. The van der Waals surface area contributed by atoms with Gasteiger partial charge in [0.05, 0.1) is 6.10 Å². The number of rotatable bonds is 42. The number of hydrogen-bond donors (Lipinski definition) is 2. The molecule has 0 aromatic carbocycles. The Kier molecular flexibility index (Phi) is 41.8. The Morgan fingerprint density at radius 1 is 0.451 bits per heavy atom. The van der Waals surface area contributed by atoms with Crippen molar-refractivity contribution in [3.05, 3.63) is 24.3 Å². The number of nitrogens with one attached hydrogen (secondary N) is 1. The van der Waals surface area contributed by atoms with Gasteiger partial charge in [-0.1, -0.05) is 199 Å². The highest BCUT2D eigenvalue weighted by Gasteiger charge is 2.07. The first kappa shape index (κ1) is 49.6. The highest BCUT2D eigenvalue weighted by Crippen LogP contribution is 2.15.